The molecule has 0 fully saturated rings. The highest BCUT2D eigenvalue weighted by Crippen LogP contribution is 2.12. The van der Waals surface area contributed by atoms with Crippen LogP contribution in [0, 0.1) is 0 Å². The minimum atomic E-state index is -0.629. The molecule has 1 aliphatic heterocycles. The third kappa shape index (κ3) is 2.07. The highest BCUT2D eigenvalue weighted by atomic mass is 28.3. The van der Waals surface area contributed by atoms with Crippen LogP contribution in [0.3, 0.4) is 0 Å². The topological polar surface area (TPSA) is 9.23 Å². The fraction of sp³-hybridized carbons (Fsp3) is 0.333. The van der Waals surface area contributed by atoms with Gasteiger partial charge in [-0.05, 0) is 12.8 Å². The van der Waals surface area contributed by atoms with E-state index in [1.165, 1.54) is 23.4 Å². The maximum absolute atomic E-state index is 5.70. The van der Waals surface area contributed by atoms with Gasteiger partial charge in [-0.2, -0.15) is 0 Å². The Balaban J connectivity index is 2.15. The zero-order valence-electron chi connectivity index (χ0n) is 8.49. The van der Waals surface area contributed by atoms with Gasteiger partial charge in [0.1, 0.15) is 0 Å². The Morgan fingerprint density at radius 2 is 2.00 bits per heavy atom. The van der Waals surface area contributed by atoms with Crippen molar-refractivity contribution in [3.05, 3.63) is 41.8 Å². The summed E-state index contributed by atoms with van der Waals surface area (Å²) in [6, 6.07) is 10.7. The van der Waals surface area contributed by atoms with Crippen LogP contribution in [0.5, 0.6) is 0 Å². The smallest absolute Gasteiger partial charge is 0.164 e. The van der Waals surface area contributed by atoms with E-state index in [0.29, 0.717) is 0 Å². The summed E-state index contributed by atoms with van der Waals surface area (Å²) < 4.78 is 5.70. The SMILES string of the molecule is C[Si](C1=CCCCO1)c1ccccc1. The highest BCUT2D eigenvalue weighted by molar-refractivity contribution is 6.78. The van der Waals surface area contributed by atoms with Gasteiger partial charge in [0.15, 0.2) is 8.80 Å². The monoisotopic (exact) mass is 203 g/mol. The Bertz CT molecular complexity index is 318. The molecule has 0 amide bonds. The van der Waals surface area contributed by atoms with Crippen LogP contribution in [-0.4, -0.2) is 15.4 Å². The molecular formula is C12H15OSi. The number of benzene rings is 1. The van der Waals surface area contributed by atoms with Gasteiger partial charge in [-0.15, -0.1) is 0 Å². The first-order valence-corrected chi connectivity index (χ1v) is 7.10. The lowest BCUT2D eigenvalue weighted by Crippen LogP contribution is -2.31. The fourth-order valence-corrected chi connectivity index (χ4v) is 3.40. The summed E-state index contributed by atoms with van der Waals surface area (Å²) >= 11 is 0. The fourth-order valence-electron chi connectivity index (χ4n) is 1.65. The molecule has 0 bridgehead atoms. The van der Waals surface area contributed by atoms with E-state index in [1.54, 1.807) is 0 Å². The minimum absolute atomic E-state index is 0.629. The average molecular weight is 203 g/mol. The van der Waals surface area contributed by atoms with Crippen molar-refractivity contribution in [2.24, 2.45) is 0 Å². The first-order chi connectivity index (χ1) is 6.88. The number of rotatable bonds is 2. The average Bonchev–Trinajstić information content (AvgIpc) is 2.30. The second-order valence-electron chi connectivity index (χ2n) is 3.55. The third-order valence-corrected chi connectivity index (χ3v) is 4.80. The summed E-state index contributed by atoms with van der Waals surface area (Å²) in [7, 11) is -0.629. The van der Waals surface area contributed by atoms with Gasteiger partial charge in [0, 0.05) is 0 Å². The van der Waals surface area contributed by atoms with Crippen LogP contribution in [0.4, 0.5) is 0 Å². The lowest BCUT2D eigenvalue weighted by Gasteiger charge is -2.19. The Morgan fingerprint density at radius 1 is 1.21 bits per heavy atom. The Labute approximate surface area is 87.0 Å². The number of hydrogen-bond acceptors (Lipinski definition) is 1. The molecule has 1 radical (unpaired) electrons. The molecule has 0 saturated carbocycles. The van der Waals surface area contributed by atoms with E-state index < -0.39 is 8.80 Å². The molecule has 0 spiro atoms. The molecule has 0 unspecified atom stereocenters. The van der Waals surface area contributed by atoms with Crippen LogP contribution in [0.25, 0.3) is 0 Å². The van der Waals surface area contributed by atoms with Gasteiger partial charge in [-0.25, -0.2) is 0 Å². The molecule has 0 atom stereocenters. The summed E-state index contributed by atoms with van der Waals surface area (Å²) in [4.78, 5) is 0. The van der Waals surface area contributed by atoms with Crippen LogP contribution in [0.2, 0.25) is 6.55 Å². The lowest BCUT2D eigenvalue weighted by molar-refractivity contribution is 0.215. The number of ether oxygens (including phenoxy) is 1. The van der Waals surface area contributed by atoms with Crippen molar-refractivity contribution in [3.63, 3.8) is 0 Å². The summed E-state index contributed by atoms with van der Waals surface area (Å²) in [6.45, 7) is 3.21. The maximum atomic E-state index is 5.70. The Morgan fingerprint density at radius 3 is 2.64 bits per heavy atom. The molecule has 0 aromatic heterocycles. The van der Waals surface area contributed by atoms with Crippen LogP contribution in [-0.2, 0) is 4.74 Å². The quantitative estimate of drug-likeness (QED) is 0.670. The van der Waals surface area contributed by atoms with Crippen LogP contribution >= 0.6 is 0 Å². The standard InChI is InChI=1S/C12H15OSi/c1-14(11-7-3-2-4-8-11)12-9-5-6-10-13-12/h2-4,7-9H,5-6,10H2,1H3. The zero-order chi connectivity index (χ0) is 9.80. The second kappa shape index (κ2) is 4.47. The molecule has 2 heteroatoms. The zero-order valence-corrected chi connectivity index (χ0v) is 9.49. The predicted octanol–water partition coefficient (Wildman–Crippen LogP) is 2.25. The second-order valence-corrected chi connectivity index (χ2v) is 5.87. The van der Waals surface area contributed by atoms with Gasteiger partial charge in [0.2, 0.25) is 0 Å². The van der Waals surface area contributed by atoms with Crippen molar-refractivity contribution in [3.8, 4) is 0 Å². The van der Waals surface area contributed by atoms with E-state index in [1.807, 2.05) is 0 Å². The van der Waals surface area contributed by atoms with Crippen LogP contribution in [0.1, 0.15) is 12.8 Å². The summed E-state index contributed by atoms with van der Waals surface area (Å²) in [5.74, 6) is 0. The van der Waals surface area contributed by atoms with Gasteiger partial charge < -0.3 is 4.74 Å². The first kappa shape index (κ1) is 9.53. The van der Waals surface area contributed by atoms with Gasteiger partial charge in [-0.3, -0.25) is 0 Å². The van der Waals surface area contributed by atoms with Crippen molar-refractivity contribution in [1.82, 2.24) is 0 Å². The highest BCUT2D eigenvalue weighted by Gasteiger charge is 2.16. The molecule has 14 heavy (non-hydrogen) atoms. The largest absolute Gasteiger partial charge is 0.503 e. The van der Waals surface area contributed by atoms with E-state index in [2.05, 4.69) is 43.0 Å². The molecular weight excluding hydrogens is 188 g/mol. The van der Waals surface area contributed by atoms with E-state index in [9.17, 15) is 0 Å². The summed E-state index contributed by atoms with van der Waals surface area (Å²) in [5.41, 5.74) is 0. The van der Waals surface area contributed by atoms with Gasteiger partial charge in [-0.1, -0.05) is 48.1 Å². The van der Waals surface area contributed by atoms with E-state index >= 15 is 0 Å². The Hall–Kier alpha value is -1.02. The lowest BCUT2D eigenvalue weighted by atomic mass is 10.3. The first-order valence-electron chi connectivity index (χ1n) is 5.10. The van der Waals surface area contributed by atoms with Crippen molar-refractivity contribution >= 4 is 14.0 Å². The van der Waals surface area contributed by atoms with Crippen LogP contribution in [0.15, 0.2) is 41.8 Å². The molecule has 0 N–H and O–H groups in total. The maximum Gasteiger partial charge on any atom is 0.164 e. The van der Waals surface area contributed by atoms with Crippen molar-refractivity contribution in [2.45, 2.75) is 19.4 Å². The summed E-state index contributed by atoms with van der Waals surface area (Å²) in [6.07, 6.45) is 4.63. The third-order valence-electron chi connectivity index (χ3n) is 2.51. The Kier molecular flexibility index (Phi) is 3.04. The van der Waals surface area contributed by atoms with E-state index in [-0.39, 0.29) is 0 Å². The van der Waals surface area contributed by atoms with Gasteiger partial charge in [0.05, 0.1) is 12.0 Å². The molecule has 73 valence electrons. The molecule has 2 rings (SSSR count). The normalized spacial score (nSPS) is 16.3. The van der Waals surface area contributed by atoms with Gasteiger partial charge >= 0.3 is 0 Å². The molecule has 0 aliphatic carbocycles. The summed E-state index contributed by atoms with van der Waals surface area (Å²) in [5, 5.41) is 2.68. The predicted molar refractivity (Wildman–Crippen MR) is 61.0 cm³/mol. The van der Waals surface area contributed by atoms with Crippen molar-refractivity contribution in [1.29, 1.82) is 0 Å². The molecule has 1 aromatic carbocycles. The number of hydrogen-bond donors (Lipinski definition) is 0. The van der Waals surface area contributed by atoms with E-state index in [4.69, 9.17) is 4.74 Å². The molecule has 0 saturated heterocycles. The molecule has 1 aromatic rings. The van der Waals surface area contributed by atoms with Crippen LogP contribution < -0.4 is 5.19 Å². The van der Waals surface area contributed by atoms with Crippen molar-refractivity contribution < 1.29 is 4.74 Å². The number of allylic oxidation sites excluding steroid dienone is 1. The van der Waals surface area contributed by atoms with E-state index in [0.717, 1.165) is 6.61 Å². The van der Waals surface area contributed by atoms with Gasteiger partial charge in [0.25, 0.3) is 0 Å². The molecule has 1 aliphatic rings. The molecule has 1 nitrogen and oxygen atoms in total. The minimum Gasteiger partial charge on any atom is -0.503 e. The molecule has 1 heterocycles. The van der Waals surface area contributed by atoms with Crippen molar-refractivity contribution in [2.75, 3.05) is 6.61 Å².